The molecule has 0 spiro atoms. The Morgan fingerprint density at radius 3 is 2.56 bits per heavy atom. The molecule has 1 aliphatic rings. The summed E-state index contributed by atoms with van der Waals surface area (Å²) in [6.45, 7) is 2.43. The molecule has 0 amide bonds. The van der Waals surface area contributed by atoms with Gasteiger partial charge in [0.2, 0.25) is 17.7 Å². The average Bonchev–Trinajstić information content (AvgIpc) is 2.45. The molecule has 0 aliphatic carbocycles. The molecule has 100 valence electrons. The number of anilines is 1. The van der Waals surface area contributed by atoms with Gasteiger partial charge in [0.05, 0.1) is 46.2 Å². The summed E-state index contributed by atoms with van der Waals surface area (Å²) in [6, 6.07) is 1.62. The molecule has 7 heteroatoms. The summed E-state index contributed by atoms with van der Waals surface area (Å²) in [5, 5.41) is 3.08. The van der Waals surface area contributed by atoms with Crippen molar-refractivity contribution in [3.8, 4) is 11.8 Å². The minimum absolute atomic E-state index is 0.0135. The lowest BCUT2D eigenvalue weighted by Crippen LogP contribution is -2.34. The zero-order chi connectivity index (χ0) is 12.8. The van der Waals surface area contributed by atoms with Gasteiger partial charge in [-0.05, 0) is 0 Å². The van der Waals surface area contributed by atoms with Crippen LogP contribution in [0.25, 0.3) is 0 Å². The van der Waals surface area contributed by atoms with Crippen LogP contribution in [0.2, 0.25) is 0 Å². The first-order chi connectivity index (χ1) is 8.81. The Bertz CT molecular complexity index is 360. The lowest BCUT2D eigenvalue weighted by atomic mass is 10.3. The maximum atomic E-state index is 5.51. The lowest BCUT2D eigenvalue weighted by Gasteiger charge is -2.23. The first-order valence-corrected chi connectivity index (χ1v) is 5.72. The summed E-state index contributed by atoms with van der Waals surface area (Å²) in [7, 11) is 3.09. The van der Waals surface area contributed by atoms with Gasteiger partial charge in [0, 0.05) is 6.54 Å². The van der Waals surface area contributed by atoms with E-state index in [2.05, 4.69) is 15.3 Å². The highest BCUT2D eigenvalue weighted by Gasteiger charge is 2.15. The third kappa shape index (κ3) is 3.44. The molecule has 1 aliphatic heterocycles. The van der Waals surface area contributed by atoms with Crippen LogP contribution in [0.4, 0.5) is 5.95 Å². The fourth-order valence-electron chi connectivity index (χ4n) is 1.55. The van der Waals surface area contributed by atoms with Crippen molar-refractivity contribution in [1.29, 1.82) is 0 Å². The van der Waals surface area contributed by atoms with Crippen LogP contribution in [0.15, 0.2) is 6.07 Å². The fourth-order valence-corrected chi connectivity index (χ4v) is 1.55. The van der Waals surface area contributed by atoms with Gasteiger partial charge in [-0.2, -0.15) is 9.97 Å². The van der Waals surface area contributed by atoms with Crippen LogP contribution >= 0.6 is 0 Å². The molecule has 1 N–H and O–H groups in total. The number of aromatic nitrogens is 2. The molecule has 1 unspecified atom stereocenters. The molecule has 18 heavy (non-hydrogen) atoms. The summed E-state index contributed by atoms with van der Waals surface area (Å²) in [4.78, 5) is 8.33. The number of hydrogen-bond donors (Lipinski definition) is 1. The second-order valence-electron chi connectivity index (χ2n) is 3.72. The Hall–Kier alpha value is -1.60. The monoisotopic (exact) mass is 255 g/mol. The van der Waals surface area contributed by atoms with Crippen LogP contribution in [0.5, 0.6) is 11.8 Å². The van der Waals surface area contributed by atoms with Gasteiger partial charge < -0.3 is 24.3 Å². The smallest absolute Gasteiger partial charge is 0.229 e. The standard InChI is InChI=1S/C11H17N3O4/c1-15-9-5-10(16-2)14-11(13-9)12-6-8-7-17-3-4-18-8/h5,8H,3-4,6-7H2,1-2H3,(H,12,13,14). The molecule has 1 saturated heterocycles. The van der Waals surface area contributed by atoms with Gasteiger partial charge in [-0.15, -0.1) is 0 Å². The molecule has 7 nitrogen and oxygen atoms in total. The third-order valence-corrected chi connectivity index (χ3v) is 2.47. The van der Waals surface area contributed by atoms with Crippen molar-refractivity contribution < 1.29 is 18.9 Å². The minimum atomic E-state index is 0.0135. The first kappa shape index (κ1) is 12.8. The largest absolute Gasteiger partial charge is 0.481 e. The van der Waals surface area contributed by atoms with Crippen LogP contribution in [-0.2, 0) is 9.47 Å². The van der Waals surface area contributed by atoms with Crippen LogP contribution in [-0.4, -0.2) is 56.7 Å². The Balaban J connectivity index is 1.94. The predicted octanol–water partition coefficient (Wildman–Crippen LogP) is 0.321. The molecule has 2 rings (SSSR count). The number of nitrogens with one attached hydrogen (secondary N) is 1. The summed E-state index contributed by atoms with van der Waals surface area (Å²) in [5.74, 6) is 1.34. The Kier molecular flexibility index (Phi) is 4.54. The molecule has 1 aromatic rings. The van der Waals surface area contributed by atoms with Crippen molar-refractivity contribution in [2.75, 3.05) is 45.9 Å². The molecule has 0 radical (unpaired) electrons. The number of methoxy groups -OCH3 is 2. The Morgan fingerprint density at radius 1 is 1.28 bits per heavy atom. The summed E-state index contributed by atoms with van der Waals surface area (Å²) < 4.78 is 20.9. The summed E-state index contributed by atoms with van der Waals surface area (Å²) >= 11 is 0. The van der Waals surface area contributed by atoms with Crippen LogP contribution in [0.3, 0.4) is 0 Å². The molecule has 0 bridgehead atoms. The maximum absolute atomic E-state index is 5.51. The average molecular weight is 255 g/mol. The summed E-state index contributed by atoms with van der Waals surface area (Å²) in [5.41, 5.74) is 0. The van der Waals surface area contributed by atoms with E-state index in [9.17, 15) is 0 Å². The van der Waals surface area contributed by atoms with Crippen molar-refractivity contribution in [3.05, 3.63) is 6.07 Å². The molecular weight excluding hydrogens is 238 g/mol. The van der Waals surface area contributed by atoms with Gasteiger partial charge in [-0.3, -0.25) is 0 Å². The number of nitrogens with zero attached hydrogens (tertiary/aromatic N) is 2. The highest BCUT2D eigenvalue weighted by atomic mass is 16.6. The quantitative estimate of drug-likeness (QED) is 0.812. The van der Waals surface area contributed by atoms with Crippen molar-refractivity contribution in [1.82, 2.24) is 9.97 Å². The minimum Gasteiger partial charge on any atom is -0.481 e. The predicted molar refractivity (Wildman–Crippen MR) is 64.2 cm³/mol. The van der Waals surface area contributed by atoms with E-state index in [0.717, 1.165) is 0 Å². The topological polar surface area (TPSA) is 74.7 Å². The van der Waals surface area contributed by atoms with Gasteiger partial charge >= 0.3 is 0 Å². The van der Waals surface area contributed by atoms with E-state index >= 15 is 0 Å². The Morgan fingerprint density at radius 2 is 2.00 bits per heavy atom. The van der Waals surface area contributed by atoms with E-state index in [4.69, 9.17) is 18.9 Å². The van der Waals surface area contributed by atoms with Crippen molar-refractivity contribution in [2.45, 2.75) is 6.10 Å². The van der Waals surface area contributed by atoms with E-state index in [1.165, 1.54) is 0 Å². The molecule has 1 atom stereocenters. The van der Waals surface area contributed by atoms with E-state index in [1.807, 2.05) is 0 Å². The van der Waals surface area contributed by atoms with Crippen molar-refractivity contribution in [3.63, 3.8) is 0 Å². The van der Waals surface area contributed by atoms with E-state index < -0.39 is 0 Å². The van der Waals surface area contributed by atoms with Crippen LogP contribution < -0.4 is 14.8 Å². The van der Waals surface area contributed by atoms with Crippen LogP contribution in [0.1, 0.15) is 0 Å². The van der Waals surface area contributed by atoms with Gasteiger partial charge in [-0.1, -0.05) is 0 Å². The second-order valence-corrected chi connectivity index (χ2v) is 3.72. The number of ether oxygens (including phenoxy) is 4. The second kappa shape index (κ2) is 6.36. The van der Waals surface area contributed by atoms with E-state index in [0.29, 0.717) is 44.1 Å². The third-order valence-electron chi connectivity index (χ3n) is 2.47. The molecule has 0 saturated carbocycles. The zero-order valence-corrected chi connectivity index (χ0v) is 10.5. The first-order valence-electron chi connectivity index (χ1n) is 5.72. The van der Waals surface area contributed by atoms with Gasteiger partial charge in [0.25, 0.3) is 0 Å². The van der Waals surface area contributed by atoms with E-state index in [-0.39, 0.29) is 6.10 Å². The highest BCUT2D eigenvalue weighted by molar-refractivity contribution is 5.33. The van der Waals surface area contributed by atoms with Gasteiger partial charge in [-0.25, -0.2) is 0 Å². The fraction of sp³-hybridized carbons (Fsp3) is 0.636. The maximum Gasteiger partial charge on any atom is 0.229 e. The number of rotatable bonds is 5. The molecular formula is C11H17N3O4. The zero-order valence-electron chi connectivity index (χ0n) is 10.5. The molecule has 0 aromatic carbocycles. The normalized spacial score (nSPS) is 19.3. The highest BCUT2D eigenvalue weighted by Crippen LogP contribution is 2.17. The summed E-state index contributed by atoms with van der Waals surface area (Å²) in [6.07, 6.45) is 0.0135. The van der Waals surface area contributed by atoms with Gasteiger partial charge in [0.1, 0.15) is 0 Å². The van der Waals surface area contributed by atoms with Crippen LogP contribution in [0, 0.1) is 0 Å². The molecule has 1 aromatic heterocycles. The van der Waals surface area contributed by atoms with Crippen molar-refractivity contribution in [2.24, 2.45) is 0 Å². The SMILES string of the molecule is COc1cc(OC)nc(NCC2COCCO2)n1. The van der Waals surface area contributed by atoms with Crippen molar-refractivity contribution >= 4 is 5.95 Å². The van der Waals surface area contributed by atoms with Gasteiger partial charge in [0.15, 0.2) is 0 Å². The lowest BCUT2D eigenvalue weighted by molar-refractivity contribution is -0.0819. The van der Waals surface area contributed by atoms with E-state index in [1.54, 1.807) is 20.3 Å². The number of hydrogen-bond acceptors (Lipinski definition) is 7. The molecule has 2 heterocycles. The molecule has 1 fully saturated rings. The Labute approximate surface area is 105 Å².